The van der Waals surface area contributed by atoms with Crippen LogP contribution in [-0.4, -0.2) is 18.0 Å². The van der Waals surface area contributed by atoms with Gasteiger partial charge in [0.25, 0.3) is 10.1 Å². The zero-order chi connectivity index (χ0) is 12.9. The molecule has 1 aromatic heterocycles. The highest BCUT2D eigenvalue weighted by atomic mass is 32.2. The average molecular weight is 280 g/mol. The van der Waals surface area contributed by atoms with E-state index in [1.54, 1.807) is 6.07 Å². The van der Waals surface area contributed by atoms with Crippen LogP contribution >= 0.6 is 11.3 Å². The van der Waals surface area contributed by atoms with Crippen molar-refractivity contribution in [3.8, 4) is 0 Å². The highest BCUT2D eigenvalue weighted by Gasteiger charge is 2.12. The molecule has 0 aliphatic heterocycles. The van der Waals surface area contributed by atoms with Crippen LogP contribution in [0.15, 0.2) is 35.2 Å². The molecule has 0 aliphatic carbocycles. The molecule has 2 aromatic carbocycles. The van der Waals surface area contributed by atoms with E-state index >= 15 is 0 Å². The van der Waals surface area contributed by atoms with E-state index in [0.29, 0.717) is 5.13 Å². The summed E-state index contributed by atoms with van der Waals surface area (Å²) in [5.41, 5.74) is 6.37. The molecule has 0 bridgehead atoms. The second-order valence-electron chi connectivity index (χ2n) is 3.82. The van der Waals surface area contributed by atoms with Crippen LogP contribution in [-0.2, 0) is 10.1 Å². The Labute approximate surface area is 107 Å². The number of hydrogen-bond acceptors (Lipinski definition) is 5. The van der Waals surface area contributed by atoms with Crippen molar-refractivity contribution in [3.05, 3.63) is 30.3 Å². The van der Waals surface area contributed by atoms with Crippen molar-refractivity contribution in [3.63, 3.8) is 0 Å². The van der Waals surface area contributed by atoms with Crippen LogP contribution in [0.5, 0.6) is 0 Å². The number of nitrogens with two attached hydrogens (primary N) is 1. The van der Waals surface area contributed by atoms with E-state index in [1.807, 2.05) is 12.1 Å². The lowest BCUT2D eigenvalue weighted by Gasteiger charge is -2.01. The summed E-state index contributed by atoms with van der Waals surface area (Å²) in [5.74, 6) is 0. The second kappa shape index (κ2) is 3.64. The molecule has 0 aliphatic rings. The fourth-order valence-corrected chi connectivity index (χ4v) is 3.23. The Hall–Kier alpha value is -1.70. The van der Waals surface area contributed by atoms with Crippen molar-refractivity contribution >= 4 is 47.6 Å². The molecule has 0 saturated heterocycles. The van der Waals surface area contributed by atoms with E-state index in [9.17, 15) is 8.42 Å². The summed E-state index contributed by atoms with van der Waals surface area (Å²) in [6.07, 6.45) is 0. The molecule has 0 atom stereocenters. The maximum Gasteiger partial charge on any atom is 0.294 e. The molecule has 7 heteroatoms. The van der Waals surface area contributed by atoms with Crippen LogP contribution in [0.2, 0.25) is 0 Å². The first-order valence-corrected chi connectivity index (χ1v) is 7.27. The first-order chi connectivity index (χ1) is 8.45. The molecule has 0 unspecified atom stereocenters. The maximum absolute atomic E-state index is 11.1. The Balaban J connectivity index is 2.47. The van der Waals surface area contributed by atoms with Crippen LogP contribution in [0, 0.1) is 0 Å². The Kier molecular flexibility index (Phi) is 2.31. The van der Waals surface area contributed by atoms with Gasteiger partial charge < -0.3 is 5.73 Å². The topological polar surface area (TPSA) is 93.3 Å². The highest BCUT2D eigenvalue weighted by Crippen LogP contribution is 2.32. The molecule has 3 rings (SSSR count). The lowest BCUT2D eigenvalue weighted by molar-refractivity contribution is 0.483. The molecule has 0 radical (unpaired) electrons. The van der Waals surface area contributed by atoms with Gasteiger partial charge in [-0.05, 0) is 23.6 Å². The average Bonchev–Trinajstić information content (AvgIpc) is 2.68. The number of aromatic nitrogens is 1. The van der Waals surface area contributed by atoms with Gasteiger partial charge in [0.15, 0.2) is 5.13 Å². The van der Waals surface area contributed by atoms with E-state index in [1.165, 1.54) is 23.5 Å². The van der Waals surface area contributed by atoms with Crippen LogP contribution < -0.4 is 5.73 Å². The summed E-state index contributed by atoms with van der Waals surface area (Å²) in [6, 6.07) is 8.12. The van der Waals surface area contributed by atoms with Gasteiger partial charge in [0.2, 0.25) is 0 Å². The number of nitrogen functional groups attached to an aromatic ring is 1. The van der Waals surface area contributed by atoms with Crippen molar-refractivity contribution < 1.29 is 13.0 Å². The summed E-state index contributed by atoms with van der Waals surface area (Å²) in [6.45, 7) is 0. The first kappa shape index (κ1) is 11.4. The summed E-state index contributed by atoms with van der Waals surface area (Å²) in [5, 5.41) is 2.02. The minimum Gasteiger partial charge on any atom is -0.375 e. The number of nitrogens with zero attached hydrogens (tertiary/aromatic N) is 1. The standard InChI is InChI=1S/C11H8N2O3S2/c12-11-13-9-4-2-6-1-3-7(18(14,15)16)5-8(6)10(9)17-11/h1-5H,(H2,12,13)(H,14,15,16). The van der Waals surface area contributed by atoms with E-state index in [0.717, 1.165) is 21.0 Å². The number of thiazole rings is 1. The molecule has 92 valence electrons. The number of hydrogen-bond donors (Lipinski definition) is 2. The largest absolute Gasteiger partial charge is 0.375 e. The number of rotatable bonds is 1. The summed E-state index contributed by atoms with van der Waals surface area (Å²) < 4.78 is 32.1. The summed E-state index contributed by atoms with van der Waals surface area (Å²) in [7, 11) is -4.20. The maximum atomic E-state index is 11.1. The van der Waals surface area contributed by atoms with Crippen molar-refractivity contribution in [2.75, 3.05) is 5.73 Å². The Morgan fingerprint density at radius 3 is 2.67 bits per heavy atom. The quantitative estimate of drug-likeness (QED) is 0.667. The Morgan fingerprint density at radius 2 is 1.94 bits per heavy atom. The zero-order valence-corrected chi connectivity index (χ0v) is 10.6. The van der Waals surface area contributed by atoms with Gasteiger partial charge in [-0.1, -0.05) is 23.5 Å². The van der Waals surface area contributed by atoms with Gasteiger partial charge in [-0.3, -0.25) is 4.55 Å². The van der Waals surface area contributed by atoms with Gasteiger partial charge in [-0.15, -0.1) is 0 Å². The van der Waals surface area contributed by atoms with Gasteiger partial charge in [0.1, 0.15) is 0 Å². The van der Waals surface area contributed by atoms with Gasteiger partial charge in [0, 0.05) is 5.39 Å². The molecule has 0 amide bonds. The van der Waals surface area contributed by atoms with E-state index in [4.69, 9.17) is 10.3 Å². The Morgan fingerprint density at radius 1 is 1.22 bits per heavy atom. The summed E-state index contributed by atoms with van der Waals surface area (Å²) >= 11 is 1.29. The number of fused-ring (bicyclic) bond motifs is 3. The monoisotopic (exact) mass is 280 g/mol. The van der Waals surface area contributed by atoms with E-state index < -0.39 is 10.1 Å². The molecule has 3 N–H and O–H groups in total. The first-order valence-electron chi connectivity index (χ1n) is 5.01. The van der Waals surface area contributed by atoms with Crippen molar-refractivity contribution in [2.24, 2.45) is 0 Å². The minimum absolute atomic E-state index is 0.130. The van der Waals surface area contributed by atoms with Crippen LogP contribution in [0.1, 0.15) is 0 Å². The predicted molar refractivity (Wildman–Crippen MR) is 71.4 cm³/mol. The molecule has 3 aromatic rings. The third-order valence-electron chi connectivity index (χ3n) is 2.66. The van der Waals surface area contributed by atoms with Gasteiger partial charge >= 0.3 is 0 Å². The van der Waals surface area contributed by atoms with Crippen LogP contribution in [0.25, 0.3) is 21.0 Å². The normalized spacial score (nSPS) is 12.3. The summed E-state index contributed by atoms with van der Waals surface area (Å²) in [4.78, 5) is 4.01. The second-order valence-corrected chi connectivity index (χ2v) is 6.28. The lowest BCUT2D eigenvalue weighted by atomic mass is 10.1. The lowest BCUT2D eigenvalue weighted by Crippen LogP contribution is -1.97. The fraction of sp³-hybridized carbons (Fsp3) is 0. The molecular formula is C11H8N2O3S2. The third-order valence-corrected chi connectivity index (χ3v) is 4.44. The van der Waals surface area contributed by atoms with Crippen molar-refractivity contribution in [1.29, 1.82) is 0 Å². The van der Waals surface area contributed by atoms with Crippen molar-refractivity contribution in [2.45, 2.75) is 4.90 Å². The zero-order valence-electron chi connectivity index (χ0n) is 8.99. The Bertz CT molecular complexity index is 869. The van der Waals surface area contributed by atoms with E-state index in [-0.39, 0.29) is 4.90 Å². The number of benzene rings is 2. The van der Waals surface area contributed by atoms with Gasteiger partial charge in [-0.25, -0.2) is 4.98 Å². The highest BCUT2D eigenvalue weighted by molar-refractivity contribution is 7.85. The molecule has 18 heavy (non-hydrogen) atoms. The van der Waals surface area contributed by atoms with Crippen molar-refractivity contribution in [1.82, 2.24) is 4.98 Å². The molecule has 0 saturated carbocycles. The van der Waals surface area contributed by atoms with E-state index in [2.05, 4.69) is 4.98 Å². The molecule has 1 heterocycles. The van der Waals surface area contributed by atoms with Gasteiger partial charge in [-0.2, -0.15) is 8.42 Å². The molecule has 0 fully saturated rings. The number of anilines is 1. The predicted octanol–water partition coefficient (Wildman–Crippen LogP) is 2.28. The molecule has 5 nitrogen and oxygen atoms in total. The molecule has 0 spiro atoms. The van der Waals surface area contributed by atoms with Gasteiger partial charge in [0.05, 0.1) is 15.1 Å². The molecular weight excluding hydrogens is 272 g/mol. The van der Waals surface area contributed by atoms with Crippen LogP contribution in [0.4, 0.5) is 5.13 Å². The minimum atomic E-state index is -4.20. The smallest absolute Gasteiger partial charge is 0.294 e. The van der Waals surface area contributed by atoms with Crippen LogP contribution in [0.3, 0.4) is 0 Å². The fourth-order valence-electron chi connectivity index (χ4n) is 1.86. The SMILES string of the molecule is Nc1nc2ccc3ccc(S(=O)(=O)O)cc3c2s1. The third kappa shape index (κ3) is 1.72.